The van der Waals surface area contributed by atoms with Gasteiger partial charge in [0, 0.05) is 17.6 Å². The highest BCUT2D eigenvalue weighted by molar-refractivity contribution is 7.10. The van der Waals surface area contributed by atoms with E-state index >= 15 is 0 Å². The van der Waals surface area contributed by atoms with Gasteiger partial charge in [0.05, 0.1) is 6.54 Å². The zero-order valence-electron chi connectivity index (χ0n) is 13.3. The molecule has 6 nitrogen and oxygen atoms in total. The lowest BCUT2D eigenvalue weighted by atomic mass is 10.3. The van der Waals surface area contributed by atoms with E-state index in [1.165, 1.54) is 10.4 Å². The van der Waals surface area contributed by atoms with Gasteiger partial charge in [-0.05, 0) is 43.0 Å². The van der Waals surface area contributed by atoms with E-state index in [4.69, 9.17) is 0 Å². The minimum Gasteiger partial charge on any atom is -0.357 e. The number of aryl methyl sites for hydroxylation is 1. The maximum atomic E-state index is 4.61. The second kappa shape index (κ2) is 7.23. The lowest BCUT2D eigenvalue weighted by molar-refractivity contribution is 0.802. The number of hydrogen-bond donors (Lipinski definition) is 2. The zero-order chi connectivity index (χ0) is 16.1. The summed E-state index contributed by atoms with van der Waals surface area (Å²) in [4.78, 5) is 5.93. The van der Waals surface area contributed by atoms with Crippen molar-refractivity contribution in [3.63, 3.8) is 0 Å². The lowest BCUT2D eigenvalue weighted by Gasteiger charge is -2.10. The molecule has 0 aromatic carbocycles. The first kappa shape index (κ1) is 15.5. The van der Waals surface area contributed by atoms with Gasteiger partial charge in [0.15, 0.2) is 17.4 Å². The van der Waals surface area contributed by atoms with Gasteiger partial charge in [-0.25, -0.2) is 4.99 Å². The highest BCUT2D eigenvalue weighted by Gasteiger charge is 2.05. The molecule has 0 unspecified atom stereocenters. The molecule has 0 aliphatic rings. The smallest absolute Gasteiger partial charge is 0.191 e. The second-order valence-electron chi connectivity index (χ2n) is 5.12. The molecular weight excluding hydrogens is 308 g/mol. The molecule has 0 atom stereocenters. The fourth-order valence-electron chi connectivity index (χ4n) is 2.24. The Labute approximate surface area is 139 Å². The number of hydrogen-bond acceptors (Lipinski definition) is 4. The average Bonchev–Trinajstić information content (AvgIpc) is 3.16. The molecule has 0 amide bonds. The van der Waals surface area contributed by atoms with Crippen LogP contribution in [0.5, 0.6) is 0 Å². The van der Waals surface area contributed by atoms with Crippen LogP contribution in [0.15, 0.2) is 40.8 Å². The quantitative estimate of drug-likeness (QED) is 0.557. The van der Waals surface area contributed by atoms with Gasteiger partial charge in [-0.2, -0.15) is 0 Å². The van der Waals surface area contributed by atoms with Crippen LogP contribution in [0.1, 0.15) is 23.2 Å². The maximum Gasteiger partial charge on any atom is 0.191 e. The summed E-state index contributed by atoms with van der Waals surface area (Å²) in [5.41, 5.74) is 2.15. The summed E-state index contributed by atoms with van der Waals surface area (Å²) in [6.07, 6.45) is 1.95. The monoisotopic (exact) mass is 328 g/mol. The van der Waals surface area contributed by atoms with Gasteiger partial charge in [0.2, 0.25) is 0 Å². The minimum atomic E-state index is 0.476. The lowest BCUT2D eigenvalue weighted by Crippen LogP contribution is -2.36. The fraction of sp³-hybridized carbons (Fsp3) is 0.312. The Balaban J connectivity index is 1.70. The Bertz CT molecular complexity index is 804. The van der Waals surface area contributed by atoms with Crippen molar-refractivity contribution in [3.05, 3.63) is 52.1 Å². The van der Waals surface area contributed by atoms with Crippen molar-refractivity contribution >= 4 is 22.9 Å². The van der Waals surface area contributed by atoms with Gasteiger partial charge in [-0.1, -0.05) is 6.07 Å². The first-order chi connectivity index (χ1) is 11.3. The van der Waals surface area contributed by atoms with Crippen molar-refractivity contribution in [1.82, 2.24) is 25.2 Å². The average molecular weight is 328 g/mol. The van der Waals surface area contributed by atoms with Crippen molar-refractivity contribution in [2.75, 3.05) is 6.54 Å². The Hall–Kier alpha value is -2.41. The van der Waals surface area contributed by atoms with Gasteiger partial charge in [0.25, 0.3) is 0 Å². The molecule has 0 fully saturated rings. The molecule has 3 heterocycles. The number of pyridine rings is 1. The van der Waals surface area contributed by atoms with Crippen LogP contribution in [0.4, 0.5) is 0 Å². The summed E-state index contributed by atoms with van der Waals surface area (Å²) < 4.78 is 1.95. The Kier molecular flexibility index (Phi) is 4.87. The summed E-state index contributed by atoms with van der Waals surface area (Å²) in [7, 11) is 0. The molecule has 23 heavy (non-hydrogen) atoms. The molecular formula is C16H20N6S. The molecule has 0 bridgehead atoms. The van der Waals surface area contributed by atoms with Crippen molar-refractivity contribution in [2.24, 2.45) is 4.99 Å². The Morgan fingerprint density at radius 1 is 1.26 bits per heavy atom. The number of aromatic nitrogens is 3. The molecule has 0 saturated carbocycles. The molecule has 0 saturated heterocycles. The van der Waals surface area contributed by atoms with Gasteiger partial charge < -0.3 is 10.6 Å². The van der Waals surface area contributed by atoms with Crippen molar-refractivity contribution in [2.45, 2.75) is 26.9 Å². The van der Waals surface area contributed by atoms with Crippen LogP contribution in [0, 0.1) is 6.92 Å². The van der Waals surface area contributed by atoms with Crippen LogP contribution in [-0.2, 0) is 13.1 Å². The summed E-state index contributed by atoms with van der Waals surface area (Å²) in [6, 6.07) is 7.98. The van der Waals surface area contributed by atoms with E-state index in [-0.39, 0.29) is 0 Å². The van der Waals surface area contributed by atoms with E-state index in [1.807, 2.05) is 28.8 Å². The molecule has 0 spiro atoms. The van der Waals surface area contributed by atoms with Crippen LogP contribution in [0.2, 0.25) is 0 Å². The predicted molar refractivity (Wildman–Crippen MR) is 93.7 cm³/mol. The third kappa shape index (κ3) is 3.68. The summed E-state index contributed by atoms with van der Waals surface area (Å²) in [5.74, 6) is 1.61. The normalized spacial score (nSPS) is 11.8. The van der Waals surface area contributed by atoms with Gasteiger partial charge in [-0.3, -0.25) is 4.40 Å². The molecule has 0 aliphatic carbocycles. The highest BCUT2D eigenvalue weighted by atomic mass is 32.1. The topological polar surface area (TPSA) is 66.6 Å². The Morgan fingerprint density at radius 3 is 2.96 bits per heavy atom. The third-order valence-electron chi connectivity index (χ3n) is 3.49. The number of nitrogens with zero attached hydrogens (tertiary/aromatic N) is 4. The number of guanidine groups is 1. The van der Waals surface area contributed by atoms with Crippen molar-refractivity contribution in [3.8, 4) is 0 Å². The largest absolute Gasteiger partial charge is 0.357 e. The van der Waals surface area contributed by atoms with E-state index < -0.39 is 0 Å². The van der Waals surface area contributed by atoms with Crippen LogP contribution in [-0.4, -0.2) is 27.1 Å². The van der Waals surface area contributed by atoms with Gasteiger partial charge >= 0.3 is 0 Å². The number of aliphatic imine (C=N–C) groups is 1. The Morgan fingerprint density at radius 2 is 2.17 bits per heavy atom. The van der Waals surface area contributed by atoms with Gasteiger partial charge in [-0.15, -0.1) is 21.5 Å². The molecule has 7 heteroatoms. The van der Waals surface area contributed by atoms with Crippen molar-refractivity contribution in [1.29, 1.82) is 0 Å². The molecule has 2 N–H and O–H groups in total. The molecule has 3 aromatic rings. The number of fused-ring (bicyclic) bond motifs is 1. The second-order valence-corrected chi connectivity index (χ2v) is 6.12. The third-order valence-corrected chi connectivity index (χ3v) is 4.51. The van der Waals surface area contributed by atoms with Crippen LogP contribution in [0.25, 0.3) is 5.65 Å². The molecule has 0 radical (unpaired) electrons. The summed E-state index contributed by atoms with van der Waals surface area (Å²) >= 11 is 1.76. The molecule has 120 valence electrons. The molecule has 3 rings (SSSR count). The number of rotatable bonds is 5. The van der Waals surface area contributed by atoms with Gasteiger partial charge in [0.1, 0.15) is 6.54 Å². The van der Waals surface area contributed by atoms with Crippen LogP contribution < -0.4 is 10.6 Å². The van der Waals surface area contributed by atoms with Crippen molar-refractivity contribution < 1.29 is 0 Å². The fourth-order valence-corrected chi connectivity index (χ4v) is 3.09. The molecule has 0 aliphatic heterocycles. The number of nitrogens with one attached hydrogen (secondary N) is 2. The van der Waals surface area contributed by atoms with E-state index in [0.717, 1.165) is 30.5 Å². The van der Waals surface area contributed by atoms with E-state index in [0.29, 0.717) is 6.54 Å². The van der Waals surface area contributed by atoms with E-state index in [9.17, 15) is 0 Å². The van der Waals surface area contributed by atoms with E-state index in [2.05, 4.69) is 51.1 Å². The number of thiophene rings is 1. The standard InChI is InChI=1S/C16H20N6S/c1-3-17-16(18-10-13-12(2)7-9-23-13)19-11-15-21-20-14-6-4-5-8-22(14)15/h4-9H,3,10-11H2,1-2H3,(H2,17,18,19). The summed E-state index contributed by atoms with van der Waals surface area (Å²) in [6.45, 7) is 6.25. The molecule has 3 aromatic heterocycles. The predicted octanol–water partition coefficient (Wildman–Crippen LogP) is 2.35. The first-order valence-corrected chi connectivity index (χ1v) is 8.49. The van der Waals surface area contributed by atoms with Crippen LogP contribution in [0.3, 0.4) is 0 Å². The first-order valence-electron chi connectivity index (χ1n) is 7.61. The summed E-state index contributed by atoms with van der Waals surface area (Å²) in [5, 5.41) is 17.1. The van der Waals surface area contributed by atoms with E-state index in [1.54, 1.807) is 11.3 Å². The maximum absolute atomic E-state index is 4.61. The highest BCUT2D eigenvalue weighted by Crippen LogP contribution is 2.14. The SMILES string of the molecule is CCNC(=NCc1nnc2ccccn12)NCc1sccc1C. The zero-order valence-corrected chi connectivity index (χ0v) is 14.1. The van der Waals surface area contributed by atoms with Crippen LogP contribution >= 0.6 is 11.3 Å². The minimum absolute atomic E-state index is 0.476.